The van der Waals surface area contributed by atoms with Gasteiger partial charge in [0.25, 0.3) is 11.8 Å². The van der Waals surface area contributed by atoms with E-state index in [0.29, 0.717) is 11.3 Å². The fourth-order valence-corrected chi connectivity index (χ4v) is 4.26. The molecule has 2 rings (SSSR count). The minimum Gasteiger partial charge on any atom is -0.484 e. The highest BCUT2D eigenvalue weighted by molar-refractivity contribution is 7.90. The van der Waals surface area contributed by atoms with Gasteiger partial charge in [-0.2, -0.15) is 0 Å². The minimum absolute atomic E-state index is 0.117. The number of hydrogen-bond donors (Lipinski definition) is 2. The predicted molar refractivity (Wildman–Crippen MR) is 112 cm³/mol. The Morgan fingerprint density at radius 2 is 1.77 bits per heavy atom. The van der Waals surface area contributed by atoms with Crippen LogP contribution in [0.4, 0.5) is 5.00 Å². The van der Waals surface area contributed by atoms with Gasteiger partial charge in [-0.15, -0.1) is 11.3 Å². The fourth-order valence-electron chi connectivity index (χ4n) is 2.48. The van der Waals surface area contributed by atoms with E-state index in [1.165, 1.54) is 31.3 Å². The molecule has 9 nitrogen and oxygen atoms in total. The number of hydrogen-bond acceptors (Lipinski definition) is 8. The van der Waals surface area contributed by atoms with Crippen molar-refractivity contribution >= 4 is 44.0 Å². The molecule has 2 aromatic rings. The standard InChI is InChI=1S/C19H22N2O7S2/c1-5-27-19(24)15-11(2)16(17(23)20-3)29-18(15)21-14(22)10-28-12-6-8-13(9-7-12)30(4,25)26/h6-9H,5,10H2,1-4H3,(H,20,23)(H,21,22). The second kappa shape index (κ2) is 9.72. The van der Waals surface area contributed by atoms with E-state index in [4.69, 9.17) is 9.47 Å². The molecular formula is C19H22N2O7S2. The van der Waals surface area contributed by atoms with Gasteiger partial charge in [-0.1, -0.05) is 0 Å². The first-order valence-corrected chi connectivity index (χ1v) is 11.5. The largest absolute Gasteiger partial charge is 0.484 e. The maximum Gasteiger partial charge on any atom is 0.341 e. The molecule has 162 valence electrons. The zero-order chi connectivity index (χ0) is 22.5. The number of carbonyl (C=O) groups excluding carboxylic acids is 3. The molecule has 0 bridgehead atoms. The van der Waals surface area contributed by atoms with Gasteiger partial charge in [-0.3, -0.25) is 9.59 Å². The molecule has 0 spiro atoms. The van der Waals surface area contributed by atoms with Gasteiger partial charge in [0, 0.05) is 13.3 Å². The van der Waals surface area contributed by atoms with Crippen molar-refractivity contribution in [2.75, 3.05) is 31.8 Å². The summed E-state index contributed by atoms with van der Waals surface area (Å²) >= 11 is 0.961. The number of nitrogens with one attached hydrogen (secondary N) is 2. The molecular weight excluding hydrogens is 432 g/mol. The zero-order valence-electron chi connectivity index (χ0n) is 16.9. The van der Waals surface area contributed by atoms with E-state index >= 15 is 0 Å². The van der Waals surface area contributed by atoms with Crippen LogP contribution in [0.25, 0.3) is 0 Å². The van der Waals surface area contributed by atoms with Crippen LogP contribution < -0.4 is 15.4 Å². The Labute approximate surface area is 178 Å². The third kappa shape index (κ3) is 5.57. The van der Waals surface area contributed by atoms with Crippen molar-refractivity contribution < 1.29 is 32.3 Å². The molecule has 0 unspecified atom stereocenters. The molecule has 11 heteroatoms. The SMILES string of the molecule is CCOC(=O)c1c(NC(=O)COc2ccc(S(C)(=O)=O)cc2)sc(C(=O)NC)c1C. The number of sulfone groups is 1. The normalized spacial score (nSPS) is 10.9. The Bertz CT molecular complexity index is 1060. The molecule has 1 heterocycles. The van der Waals surface area contributed by atoms with E-state index < -0.39 is 21.7 Å². The summed E-state index contributed by atoms with van der Waals surface area (Å²) in [5.41, 5.74) is 0.525. The highest BCUT2D eigenvalue weighted by atomic mass is 32.2. The van der Waals surface area contributed by atoms with E-state index in [9.17, 15) is 22.8 Å². The average Bonchev–Trinajstić information content (AvgIpc) is 3.01. The monoisotopic (exact) mass is 454 g/mol. The lowest BCUT2D eigenvalue weighted by atomic mass is 10.1. The molecule has 0 fully saturated rings. The van der Waals surface area contributed by atoms with Crippen molar-refractivity contribution in [3.8, 4) is 5.75 Å². The van der Waals surface area contributed by atoms with E-state index in [0.717, 1.165) is 17.6 Å². The topological polar surface area (TPSA) is 128 Å². The van der Waals surface area contributed by atoms with Gasteiger partial charge in [0.1, 0.15) is 10.8 Å². The number of carbonyl (C=O) groups is 3. The number of ether oxygens (including phenoxy) is 2. The molecule has 0 aliphatic rings. The van der Waals surface area contributed by atoms with Gasteiger partial charge in [-0.05, 0) is 43.7 Å². The first kappa shape index (κ1) is 23.4. The van der Waals surface area contributed by atoms with Crippen LogP contribution in [0.2, 0.25) is 0 Å². The van der Waals surface area contributed by atoms with E-state index in [-0.39, 0.29) is 39.5 Å². The van der Waals surface area contributed by atoms with Crippen molar-refractivity contribution in [2.24, 2.45) is 0 Å². The molecule has 2 amide bonds. The van der Waals surface area contributed by atoms with Crippen LogP contribution >= 0.6 is 11.3 Å². The highest BCUT2D eigenvalue weighted by Gasteiger charge is 2.26. The third-order valence-electron chi connectivity index (χ3n) is 3.93. The van der Waals surface area contributed by atoms with Gasteiger partial charge >= 0.3 is 5.97 Å². The van der Waals surface area contributed by atoms with E-state index in [1.807, 2.05) is 0 Å². The minimum atomic E-state index is -3.33. The first-order valence-electron chi connectivity index (χ1n) is 8.83. The Balaban J connectivity index is 2.15. The first-order chi connectivity index (χ1) is 14.1. The molecule has 0 aliphatic carbocycles. The quantitative estimate of drug-likeness (QED) is 0.584. The Morgan fingerprint density at radius 3 is 2.30 bits per heavy atom. The van der Waals surface area contributed by atoms with E-state index in [1.54, 1.807) is 13.8 Å². The Kier molecular flexibility index (Phi) is 7.57. The zero-order valence-corrected chi connectivity index (χ0v) is 18.5. The van der Waals surface area contributed by atoms with Crippen molar-refractivity contribution in [3.05, 3.63) is 40.3 Å². The highest BCUT2D eigenvalue weighted by Crippen LogP contribution is 2.33. The van der Waals surface area contributed by atoms with Crippen molar-refractivity contribution in [1.82, 2.24) is 5.32 Å². The van der Waals surface area contributed by atoms with Crippen molar-refractivity contribution in [3.63, 3.8) is 0 Å². The van der Waals surface area contributed by atoms with E-state index in [2.05, 4.69) is 10.6 Å². The number of esters is 1. The fraction of sp³-hybridized carbons (Fsp3) is 0.316. The lowest BCUT2D eigenvalue weighted by molar-refractivity contribution is -0.118. The van der Waals surface area contributed by atoms with Gasteiger partial charge in [-0.25, -0.2) is 13.2 Å². The molecule has 0 aliphatic heterocycles. The second-order valence-electron chi connectivity index (χ2n) is 6.14. The summed E-state index contributed by atoms with van der Waals surface area (Å²) in [6, 6.07) is 5.62. The van der Waals surface area contributed by atoms with Crippen LogP contribution in [-0.2, 0) is 19.4 Å². The molecule has 0 atom stereocenters. The summed E-state index contributed by atoms with van der Waals surface area (Å²) in [6.45, 7) is 3.01. The number of amides is 2. The maximum atomic E-state index is 12.3. The Hall–Kier alpha value is -2.92. The summed E-state index contributed by atoms with van der Waals surface area (Å²) in [5, 5.41) is 5.25. The van der Waals surface area contributed by atoms with Gasteiger partial charge in [0.15, 0.2) is 16.4 Å². The molecule has 0 saturated heterocycles. The van der Waals surface area contributed by atoms with Gasteiger partial charge < -0.3 is 20.1 Å². The van der Waals surface area contributed by atoms with Crippen molar-refractivity contribution in [2.45, 2.75) is 18.7 Å². The van der Waals surface area contributed by atoms with Crippen LogP contribution in [0.15, 0.2) is 29.2 Å². The molecule has 30 heavy (non-hydrogen) atoms. The van der Waals surface area contributed by atoms with Crippen molar-refractivity contribution in [1.29, 1.82) is 0 Å². The van der Waals surface area contributed by atoms with Crippen LogP contribution in [0.3, 0.4) is 0 Å². The average molecular weight is 455 g/mol. The molecule has 0 saturated carbocycles. The molecule has 2 N–H and O–H groups in total. The predicted octanol–water partition coefficient (Wildman–Crippen LogP) is 2.01. The lowest BCUT2D eigenvalue weighted by Gasteiger charge is -2.09. The summed E-state index contributed by atoms with van der Waals surface area (Å²) in [7, 11) is -1.87. The number of rotatable bonds is 8. The van der Waals surface area contributed by atoms with Gasteiger partial charge in [0.05, 0.1) is 21.9 Å². The molecule has 1 aromatic carbocycles. The maximum absolute atomic E-state index is 12.3. The van der Waals surface area contributed by atoms with Crippen LogP contribution in [0, 0.1) is 6.92 Å². The van der Waals surface area contributed by atoms with Crippen LogP contribution in [0.1, 0.15) is 32.5 Å². The molecule has 0 radical (unpaired) electrons. The van der Waals surface area contributed by atoms with Gasteiger partial charge in [0.2, 0.25) is 0 Å². The number of thiophene rings is 1. The van der Waals surface area contributed by atoms with Crippen LogP contribution in [-0.4, -0.2) is 52.7 Å². The number of benzene rings is 1. The summed E-state index contributed by atoms with van der Waals surface area (Å²) < 4.78 is 33.3. The van der Waals surface area contributed by atoms with Crippen LogP contribution in [0.5, 0.6) is 5.75 Å². The third-order valence-corrected chi connectivity index (χ3v) is 6.27. The Morgan fingerprint density at radius 1 is 1.13 bits per heavy atom. The number of anilines is 1. The summed E-state index contributed by atoms with van der Waals surface area (Å²) in [5.74, 6) is -1.28. The smallest absolute Gasteiger partial charge is 0.341 e. The lowest BCUT2D eigenvalue weighted by Crippen LogP contribution is -2.21. The molecule has 1 aromatic heterocycles. The second-order valence-corrected chi connectivity index (χ2v) is 9.18. The summed E-state index contributed by atoms with van der Waals surface area (Å²) in [6.07, 6.45) is 1.09. The summed E-state index contributed by atoms with van der Waals surface area (Å²) in [4.78, 5) is 37.1.